The van der Waals surface area contributed by atoms with Crippen LogP contribution in [0.2, 0.25) is 0 Å². The lowest BCUT2D eigenvalue weighted by Crippen LogP contribution is -2.18. The summed E-state index contributed by atoms with van der Waals surface area (Å²) >= 11 is 0. The Morgan fingerprint density at radius 1 is 1.17 bits per heavy atom. The molecule has 120 valence electrons. The fourth-order valence-corrected chi connectivity index (χ4v) is 2.29. The van der Waals surface area contributed by atoms with Gasteiger partial charge in [0, 0.05) is 24.5 Å². The van der Waals surface area contributed by atoms with Crippen molar-refractivity contribution in [3.05, 3.63) is 77.5 Å². The molecule has 0 aliphatic heterocycles. The third-order valence-electron chi connectivity index (χ3n) is 3.57. The minimum atomic E-state index is -0.373. The van der Waals surface area contributed by atoms with Crippen LogP contribution < -0.4 is 11.1 Å². The molecule has 0 bridgehead atoms. The van der Waals surface area contributed by atoms with Crippen molar-refractivity contribution in [3.63, 3.8) is 0 Å². The van der Waals surface area contributed by atoms with Gasteiger partial charge in [0.1, 0.15) is 0 Å². The maximum Gasteiger partial charge on any atom is 0.278 e. The number of benzene rings is 1. The first-order valence-electron chi connectivity index (χ1n) is 7.51. The minimum Gasteiger partial charge on any atom is -0.382 e. The van der Waals surface area contributed by atoms with Gasteiger partial charge in [-0.05, 0) is 30.2 Å². The van der Waals surface area contributed by atoms with Gasteiger partial charge in [-0.3, -0.25) is 9.78 Å². The number of nitrogens with two attached hydrogens (primary N) is 1. The third-order valence-corrected chi connectivity index (χ3v) is 3.57. The number of amides is 1. The van der Waals surface area contributed by atoms with E-state index in [0.29, 0.717) is 12.1 Å². The first-order valence-corrected chi connectivity index (χ1v) is 7.51. The molecule has 0 unspecified atom stereocenters. The largest absolute Gasteiger partial charge is 0.382 e. The van der Waals surface area contributed by atoms with Gasteiger partial charge >= 0.3 is 0 Å². The lowest BCUT2D eigenvalue weighted by molar-refractivity contribution is 0.102. The molecule has 6 nitrogen and oxygen atoms in total. The summed E-state index contributed by atoms with van der Waals surface area (Å²) in [4.78, 5) is 25.0. The van der Waals surface area contributed by atoms with Crippen molar-refractivity contribution in [3.8, 4) is 0 Å². The summed E-state index contributed by atoms with van der Waals surface area (Å²) in [7, 11) is 0. The Morgan fingerprint density at radius 2 is 2.00 bits per heavy atom. The molecule has 0 saturated carbocycles. The summed E-state index contributed by atoms with van der Waals surface area (Å²) in [5.41, 5.74) is 9.29. The monoisotopic (exact) mass is 319 g/mol. The Kier molecular flexibility index (Phi) is 4.47. The second kappa shape index (κ2) is 6.87. The predicted molar refractivity (Wildman–Crippen MR) is 92.6 cm³/mol. The SMILES string of the molecule is Cc1ccccc1NC(=O)c1nc(Cc2cccnc2)cnc1N. The molecule has 0 fully saturated rings. The van der Waals surface area contributed by atoms with E-state index in [4.69, 9.17) is 5.73 Å². The predicted octanol–water partition coefficient (Wildman–Crippen LogP) is 2.61. The first kappa shape index (κ1) is 15.6. The number of anilines is 2. The Balaban J connectivity index is 1.83. The van der Waals surface area contributed by atoms with Crippen LogP contribution in [0, 0.1) is 6.92 Å². The topological polar surface area (TPSA) is 93.8 Å². The fourth-order valence-electron chi connectivity index (χ4n) is 2.29. The highest BCUT2D eigenvalue weighted by atomic mass is 16.1. The van der Waals surface area contributed by atoms with E-state index >= 15 is 0 Å². The molecular weight excluding hydrogens is 302 g/mol. The van der Waals surface area contributed by atoms with Gasteiger partial charge in [-0.2, -0.15) is 0 Å². The Labute approximate surface area is 139 Å². The Morgan fingerprint density at radius 3 is 2.75 bits per heavy atom. The lowest BCUT2D eigenvalue weighted by Gasteiger charge is -2.10. The second-order valence-electron chi connectivity index (χ2n) is 5.40. The molecule has 0 atom stereocenters. The van der Waals surface area contributed by atoms with E-state index in [-0.39, 0.29) is 17.4 Å². The zero-order valence-electron chi connectivity index (χ0n) is 13.2. The zero-order chi connectivity index (χ0) is 16.9. The van der Waals surface area contributed by atoms with E-state index in [0.717, 1.165) is 16.8 Å². The molecule has 0 saturated heterocycles. The van der Waals surface area contributed by atoms with Crippen LogP contribution >= 0.6 is 0 Å². The van der Waals surface area contributed by atoms with Gasteiger partial charge in [0.05, 0.1) is 11.9 Å². The number of aromatic nitrogens is 3. The first-order chi connectivity index (χ1) is 11.6. The number of hydrogen-bond donors (Lipinski definition) is 2. The number of nitrogen functional groups attached to an aromatic ring is 1. The summed E-state index contributed by atoms with van der Waals surface area (Å²) < 4.78 is 0. The smallest absolute Gasteiger partial charge is 0.278 e. The van der Waals surface area contributed by atoms with Crippen LogP contribution in [0.5, 0.6) is 0 Å². The van der Waals surface area contributed by atoms with E-state index in [1.54, 1.807) is 18.6 Å². The lowest BCUT2D eigenvalue weighted by atomic mass is 10.1. The molecule has 3 aromatic rings. The van der Waals surface area contributed by atoms with Crippen LogP contribution in [-0.4, -0.2) is 20.9 Å². The quantitative estimate of drug-likeness (QED) is 0.771. The second-order valence-corrected chi connectivity index (χ2v) is 5.40. The standard InChI is InChI=1S/C18H17N5O/c1-12-5-2-3-7-15(12)23-18(24)16-17(19)21-11-14(22-16)9-13-6-4-8-20-10-13/h2-8,10-11H,9H2,1H3,(H2,19,21)(H,23,24). The number of rotatable bonds is 4. The molecule has 0 aliphatic carbocycles. The van der Waals surface area contributed by atoms with E-state index in [1.807, 2.05) is 43.3 Å². The van der Waals surface area contributed by atoms with Gasteiger partial charge in [-0.25, -0.2) is 9.97 Å². The molecule has 0 aliphatic rings. The van der Waals surface area contributed by atoms with Crippen molar-refractivity contribution < 1.29 is 4.79 Å². The molecule has 1 aromatic carbocycles. The Bertz CT molecular complexity index is 864. The number of pyridine rings is 1. The molecule has 1 amide bonds. The summed E-state index contributed by atoms with van der Waals surface area (Å²) in [6.07, 6.45) is 5.57. The average molecular weight is 319 g/mol. The van der Waals surface area contributed by atoms with Gasteiger partial charge in [-0.1, -0.05) is 24.3 Å². The molecule has 24 heavy (non-hydrogen) atoms. The van der Waals surface area contributed by atoms with Crippen LogP contribution in [0.1, 0.15) is 27.3 Å². The molecule has 3 N–H and O–H groups in total. The van der Waals surface area contributed by atoms with Crippen molar-refractivity contribution in [2.45, 2.75) is 13.3 Å². The van der Waals surface area contributed by atoms with Crippen LogP contribution in [0.15, 0.2) is 55.0 Å². The normalized spacial score (nSPS) is 10.4. The van der Waals surface area contributed by atoms with Crippen LogP contribution in [0.4, 0.5) is 11.5 Å². The minimum absolute atomic E-state index is 0.107. The fraction of sp³-hybridized carbons (Fsp3) is 0.111. The zero-order valence-corrected chi connectivity index (χ0v) is 13.2. The number of carbonyl (C=O) groups is 1. The maximum atomic E-state index is 12.5. The van der Waals surface area contributed by atoms with Crippen molar-refractivity contribution in [1.29, 1.82) is 0 Å². The molecule has 2 heterocycles. The van der Waals surface area contributed by atoms with Gasteiger partial charge in [0.25, 0.3) is 5.91 Å². The van der Waals surface area contributed by atoms with Gasteiger partial charge in [0.2, 0.25) is 0 Å². The number of para-hydroxylation sites is 1. The highest BCUT2D eigenvalue weighted by molar-refractivity contribution is 6.06. The summed E-state index contributed by atoms with van der Waals surface area (Å²) in [5.74, 6) is -0.265. The Hall–Kier alpha value is -3.28. The highest BCUT2D eigenvalue weighted by Gasteiger charge is 2.15. The molecule has 0 spiro atoms. The molecular formula is C18H17N5O. The van der Waals surface area contributed by atoms with Crippen molar-refractivity contribution >= 4 is 17.4 Å². The summed E-state index contributed by atoms with van der Waals surface area (Å²) in [6, 6.07) is 11.3. The van der Waals surface area contributed by atoms with Crippen molar-refractivity contribution in [2.75, 3.05) is 11.1 Å². The molecule has 0 radical (unpaired) electrons. The molecule has 6 heteroatoms. The summed E-state index contributed by atoms with van der Waals surface area (Å²) in [5, 5.41) is 2.82. The van der Waals surface area contributed by atoms with E-state index in [2.05, 4.69) is 20.3 Å². The number of hydrogen-bond acceptors (Lipinski definition) is 5. The molecule has 2 aromatic heterocycles. The number of aryl methyl sites for hydroxylation is 1. The van der Waals surface area contributed by atoms with Gasteiger partial charge in [-0.15, -0.1) is 0 Å². The van der Waals surface area contributed by atoms with E-state index in [1.165, 1.54) is 0 Å². The van der Waals surface area contributed by atoms with Gasteiger partial charge < -0.3 is 11.1 Å². The van der Waals surface area contributed by atoms with E-state index in [9.17, 15) is 4.79 Å². The average Bonchev–Trinajstić information content (AvgIpc) is 2.59. The van der Waals surface area contributed by atoms with Crippen LogP contribution in [0.3, 0.4) is 0 Å². The number of nitrogens with one attached hydrogen (secondary N) is 1. The number of nitrogens with zero attached hydrogens (tertiary/aromatic N) is 3. The van der Waals surface area contributed by atoms with Crippen molar-refractivity contribution in [1.82, 2.24) is 15.0 Å². The van der Waals surface area contributed by atoms with Crippen molar-refractivity contribution in [2.24, 2.45) is 0 Å². The van der Waals surface area contributed by atoms with Crippen LogP contribution in [-0.2, 0) is 6.42 Å². The number of carbonyl (C=O) groups excluding carboxylic acids is 1. The van der Waals surface area contributed by atoms with E-state index < -0.39 is 0 Å². The molecule has 3 rings (SSSR count). The van der Waals surface area contributed by atoms with Crippen LogP contribution in [0.25, 0.3) is 0 Å². The maximum absolute atomic E-state index is 12.5. The highest BCUT2D eigenvalue weighted by Crippen LogP contribution is 2.16. The third kappa shape index (κ3) is 3.55. The van der Waals surface area contributed by atoms with Gasteiger partial charge in [0.15, 0.2) is 11.5 Å². The summed E-state index contributed by atoms with van der Waals surface area (Å²) in [6.45, 7) is 1.92.